The zero-order valence-corrected chi connectivity index (χ0v) is 21.0. The molecule has 0 aliphatic carbocycles. The van der Waals surface area contributed by atoms with Gasteiger partial charge in [0.15, 0.2) is 0 Å². The minimum Gasteiger partial charge on any atom is -0.497 e. The second-order valence-corrected chi connectivity index (χ2v) is 10.2. The molecule has 1 fully saturated rings. The fraction of sp³-hybridized carbons (Fsp3) is 0.536. The smallest absolute Gasteiger partial charge is 0.225 e. The lowest BCUT2D eigenvalue weighted by Gasteiger charge is -2.31. The molecule has 0 bridgehead atoms. The van der Waals surface area contributed by atoms with Crippen LogP contribution in [0, 0.1) is 30.5 Å². The first-order chi connectivity index (χ1) is 15.7. The third-order valence-corrected chi connectivity index (χ3v) is 6.48. The fourth-order valence-corrected chi connectivity index (χ4v) is 4.93. The van der Waals surface area contributed by atoms with E-state index in [9.17, 15) is 9.18 Å². The highest BCUT2D eigenvalue weighted by molar-refractivity contribution is 5.78. The lowest BCUT2D eigenvalue weighted by atomic mass is 9.88. The number of rotatable bonds is 9. The summed E-state index contributed by atoms with van der Waals surface area (Å²) >= 11 is 0. The highest BCUT2D eigenvalue weighted by Gasteiger charge is 2.36. The van der Waals surface area contributed by atoms with Crippen LogP contribution in [-0.2, 0) is 11.3 Å². The monoisotopic (exact) mass is 454 g/mol. The lowest BCUT2D eigenvalue weighted by molar-refractivity contribution is -0.135. The van der Waals surface area contributed by atoms with Gasteiger partial charge in [-0.05, 0) is 42.5 Å². The first kappa shape index (κ1) is 25.2. The summed E-state index contributed by atoms with van der Waals surface area (Å²) in [6.45, 7) is 13.9. The van der Waals surface area contributed by atoms with Crippen LogP contribution in [0.1, 0.15) is 50.3 Å². The van der Waals surface area contributed by atoms with Gasteiger partial charge in [-0.25, -0.2) is 4.39 Å². The Balaban J connectivity index is 1.87. The topological polar surface area (TPSA) is 32.8 Å². The Morgan fingerprint density at radius 3 is 2.58 bits per heavy atom. The van der Waals surface area contributed by atoms with Crippen molar-refractivity contribution < 1.29 is 13.9 Å². The number of likely N-dealkylation sites (tertiary alicyclic amines) is 1. The van der Waals surface area contributed by atoms with Gasteiger partial charge in [-0.3, -0.25) is 9.69 Å². The van der Waals surface area contributed by atoms with E-state index in [1.165, 1.54) is 5.56 Å². The number of ether oxygens (including phenoxy) is 1. The Kier molecular flexibility index (Phi) is 8.52. The van der Waals surface area contributed by atoms with E-state index in [2.05, 4.69) is 30.9 Å². The van der Waals surface area contributed by atoms with Crippen LogP contribution in [0.25, 0.3) is 0 Å². The molecule has 1 saturated heterocycles. The third kappa shape index (κ3) is 6.57. The average molecular weight is 455 g/mol. The number of carbonyl (C=O) groups is 1. The standard InChI is InChI=1S/C28H39FN2O2/c1-19(2)14-31(28(32)20(3)4)17-24-16-30(15-23-12-21(5)10-11-27(23)29)18-26(24)22-8-7-9-25(13-22)33-6/h7-13,19-20,24,26H,14-18H2,1-6H3. The molecule has 1 amide bonds. The average Bonchev–Trinajstić information content (AvgIpc) is 3.17. The Morgan fingerprint density at radius 1 is 1.15 bits per heavy atom. The normalized spacial score (nSPS) is 18.8. The Bertz CT molecular complexity index is 943. The van der Waals surface area contributed by atoms with Crippen LogP contribution < -0.4 is 4.74 Å². The van der Waals surface area contributed by atoms with Gasteiger partial charge in [0, 0.05) is 50.1 Å². The van der Waals surface area contributed by atoms with E-state index in [-0.39, 0.29) is 29.5 Å². The van der Waals surface area contributed by atoms with Crippen LogP contribution in [0.4, 0.5) is 4.39 Å². The molecule has 1 aliphatic heterocycles. The van der Waals surface area contributed by atoms with Crippen molar-refractivity contribution in [3.05, 3.63) is 65.0 Å². The second-order valence-electron chi connectivity index (χ2n) is 10.2. The molecule has 0 radical (unpaired) electrons. The Hall–Kier alpha value is -2.40. The summed E-state index contributed by atoms with van der Waals surface area (Å²) in [7, 11) is 1.68. The minimum absolute atomic E-state index is 0.0297. The quantitative estimate of drug-likeness (QED) is 0.502. The second kappa shape index (κ2) is 11.1. The number of halogens is 1. The molecule has 0 spiro atoms. The molecule has 0 N–H and O–H groups in total. The van der Waals surface area contributed by atoms with Crippen molar-refractivity contribution in [1.82, 2.24) is 9.80 Å². The van der Waals surface area contributed by atoms with Crippen LogP contribution in [0.3, 0.4) is 0 Å². The summed E-state index contributed by atoms with van der Waals surface area (Å²) in [6.07, 6.45) is 0. The fourth-order valence-electron chi connectivity index (χ4n) is 4.93. The minimum atomic E-state index is -0.154. The van der Waals surface area contributed by atoms with Crippen molar-refractivity contribution in [1.29, 1.82) is 0 Å². The molecule has 0 saturated carbocycles. The predicted octanol–water partition coefficient (Wildman–Crippen LogP) is 5.50. The van der Waals surface area contributed by atoms with E-state index in [0.717, 1.165) is 36.5 Å². The first-order valence-electron chi connectivity index (χ1n) is 12.1. The van der Waals surface area contributed by atoms with Gasteiger partial charge in [-0.1, -0.05) is 57.5 Å². The van der Waals surface area contributed by atoms with Crippen LogP contribution in [0.15, 0.2) is 42.5 Å². The summed E-state index contributed by atoms with van der Waals surface area (Å²) in [5, 5.41) is 0. The van der Waals surface area contributed by atoms with Gasteiger partial charge in [0.25, 0.3) is 0 Å². The number of benzene rings is 2. The van der Waals surface area contributed by atoms with E-state index in [4.69, 9.17) is 4.74 Å². The van der Waals surface area contributed by atoms with E-state index >= 15 is 0 Å². The maximum absolute atomic E-state index is 14.5. The van der Waals surface area contributed by atoms with Crippen LogP contribution in [-0.4, -0.2) is 49.0 Å². The number of methoxy groups -OCH3 is 1. The molecule has 4 nitrogen and oxygen atoms in total. The number of hydrogen-bond donors (Lipinski definition) is 0. The highest BCUT2D eigenvalue weighted by atomic mass is 19.1. The zero-order chi connectivity index (χ0) is 24.1. The highest BCUT2D eigenvalue weighted by Crippen LogP contribution is 2.36. The van der Waals surface area contributed by atoms with E-state index in [1.807, 2.05) is 49.9 Å². The molecule has 2 unspecified atom stereocenters. The summed E-state index contributed by atoms with van der Waals surface area (Å²) in [5.41, 5.74) is 3.02. The molecular weight excluding hydrogens is 415 g/mol. The zero-order valence-electron chi connectivity index (χ0n) is 21.0. The van der Waals surface area contributed by atoms with Crippen LogP contribution >= 0.6 is 0 Å². The van der Waals surface area contributed by atoms with Crippen LogP contribution in [0.2, 0.25) is 0 Å². The van der Waals surface area contributed by atoms with Gasteiger partial charge in [-0.15, -0.1) is 0 Å². The predicted molar refractivity (Wildman–Crippen MR) is 132 cm³/mol. The lowest BCUT2D eigenvalue weighted by Crippen LogP contribution is -2.41. The van der Waals surface area contributed by atoms with E-state index < -0.39 is 0 Å². The molecular formula is C28H39FN2O2. The summed E-state index contributed by atoms with van der Waals surface area (Å²) in [5.74, 6) is 1.79. The maximum atomic E-state index is 14.5. The van der Waals surface area contributed by atoms with Gasteiger partial charge in [0.1, 0.15) is 11.6 Å². The van der Waals surface area contributed by atoms with Crippen molar-refractivity contribution in [2.75, 3.05) is 33.3 Å². The van der Waals surface area contributed by atoms with Gasteiger partial charge < -0.3 is 9.64 Å². The summed E-state index contributed by atoms with van der Waals surface area (Å²) < 4.78 is 20.0. The molecule has 33 heavy (non-hydrogen) atoms. The van der Waals surface area contributed by atoms with Crippen molar-refractivity contribution in [2.45, 2.75) is 47.1 Å². The van der Waals surface area contributed by atoms with Crippen molar-refractivity contribution in [3.8, 4) is 5.75 Å². The van der Waals surface area contributed by atoms with Gasteiger partial charge in [0.05, 0.1) is 7.11 Å². The largest absolute Gasteiger partial charge is 0.497 e. The van der Waals surface area contributed by atoms with Crippen molar-refractivity contribution in [2.24, 2.45) is 17.8 Å². The summed E-state index contributed by atoms with van der Waals surface area (Å²) in [6, 6.07) is 13.5. The van der Waals surface area contributed by atoms with Crippen LogP contribution in [0.5, 0.6) is 5.75 Å². The molecule has 2 aromatic carbocycles. The molecule has 3 rings (SSSR count). The molecule has 1 heterocycles. The molecule has 2 aromatic rings. The molecule has 5 heteroatoms. The van der Waals surface area contributed by atoms with Gasteiger partial charge in [0.2, 0.25) is 5.91 Å². The van der Waals surface area contributed by atoms with Crippen molar-refractivity contribution >= 4 is 5.91 Å². The number of carbonyl (C=O) groups excluding carboxylic acids is 1. The number of amides is 1. The molecule has 2 atom stereocenters. The Morgan fingerprint density at radius 2 is 1.91 bits per heavy atom. The van der Waals surface area contributed by atoms with E-state index in [0.29, 0.717) is 19.0 Å². The third-order valence-electron chi connectivity index (χ3n) is 6.48. The molecule has 1 aliphatic rings. The van der Waals surface area contributed by atoms with Crippen molar-refractivity contribution in [3.63, 3.8) is 0 Å². The maximum Gasteiger partial charge on any atom is 0.225 e. The number of hydrogen-bond acceptors (Lipinski definition) is 3. The number of nitrogens with zero attached hydrogens (tertiary/aromatic N) is 2. The number of aryl methyl sites for hydroxylation is 1. The molecule has 0 aromatic heterocycles. The SMILES string of the molecule is COc1cccc(C2CN(Cc3cc(C)ccc3F)CC2CN(CC(C)C)C(=O)C(C)C)c1. The van der Waals surface area contributed by atoms with E-state index in [1.54, 1.807) is 13.2 Å². The first-order valence-corrected chi connectivity index (χ1v) is 12.1. The Labute approximate surface area is 198 Å². The van der Waals surface area contributed by atoms with Gasteiger partial charge in [-0.2, -0.15) is 0 Å². The summed E-state index contributed by atoms with van der Waals surface area (Å²) in [4.78, 5) is 17.4. The molecule has 180 valence electrons. The van der Waals surface area contributed by atoms with Gasteiger partial charge >= 0.3 is 0 Å².